The molecule has 2 rings (SSSR count). The van der Waals surface area contributed by atoms with Gasteiger partial charge < -0.3 is 22.9 Å². The molecule has 0 heterocycles. The monoisotopic (exact) mass is 226 g/mol. The molecule has 2 atom stereocenters. The largest absolute Gasteiger partial charge is 0.328 e. The van der Waals surface area contributed by atoms with Crippen molar-refractivity contribution in [2.24, 2.45) is 22.9 Å². The summed E-state index contributed by atoms with van der Waals surface area (Å²) in [7, 11) is 0. The highest BCUT2D eigenvalue weighted by atomic mass is 15.0. The smallest absolute Gasteiger partial charge is 0.0490 e. The Bertz CT molecular complexity index is 247. The third-order valence-corrected chi connectivity index (χ3v) is 4.87. The fourth-order valence-corrected chi connectivity index (χ4v) is 3.46. The van der Waals surface area contributed by atoms with Gasteiger partial charge in [-0.1, -0.05) is 12.8 Å². The van der Waals surface area contributed by atoms with Gasteiger partial charge in [-0.2, -0.15) is 0 Å². The molecule has 2 fully saturated rings. The highest BCUT2D eigenvalue weighted by molar-refractivity contribution is 5.15. The minimum absolute atomic E-state index is 0.0561. The minimum Gasteiger partial charge on any atom is -0.328 e. The summed E-state index contributed by atoms with van der Waals surface area (Å²) in [5.41, 5.74) is 24.6. The quantitative estimate of drug-likeness (QED) is 0.512. The Kier molecular flexibility index (Phi) is 3.27. The van der Waals surface area contributed by atoms with Crippen LogP contribution >= 0.6 is 0 Å². The van der Waals surface area contributed by atoms with E-state index in [4.69, 9.17) is 22.9 Å². The van der Waals surface area contributed by atoms with Crippen molar-refractivity contribution in [3.63, 3.8) is 0 Å². The zero-order valence-electron chi connectivity index (χ0n) is 10.1. The van der Waals surface area contributed by atoms with Gasteiger partial charge in [-0.05, 0) is 38.5 Å². The highest BCUT2D eigenvalue weighted by Gasteiger charge is 2.51. The number of rotatable bonds is 1. The van der Waals surface area contributed by atoms with E-state index in [1.54, 1.807) is 0 Å². The van der Waals surface area contributed by atoms with Gasteiger partial charge in [0.05, 0.1) is 0 Å². The van der Waals surface area contributed by atoms with Crippen LogP contribution in [0.25, 0.3) is 0 Å². The van der Waals surface area contributed by atoms with Gasteiger partial charge in [0, 0.05) is 23.2 Å². The van der Waals surface area contributed by atoms with Crippen LogP contribution in [0.15, 0.2) is 0 Å². The van der Waals surface area contributed by atoms with Gasteiger partial charge in [0.15, 0.2) is 0 Å². The van der Waals surface area contributed by atoms with E-state index >= 15 is 0 Å². The summed E-state index contributed by atoms with van der Waals surface area (Å²) in [6.07, 6.45) is 8.17. The van der Waals surface area contributed by atoms with Crippen molar-refractivity contribution in [3.8, 4) is 0 Å². The molecule has 4 nitrogen and oxygen atoms in total. The van der Waals surface area contributed by atoms with E-state index < -0.39 is 0 Å². The van der Waals surface area contributed by atoms with Crippen LogP contribution in [0.4, 0.5) is 0 Å². The maximum Gasteiger partial charge on any atom is 0.0490 e. The molecule has 16 heavy (non-hydrogen) atoms. The van der Waals surface area contributed by atoms with Crippen LogP contribution in [-0.2, 0) is 0 Å². The molecule has 2 aliphatic carbocycles. The van der Waals surface area contributed by atoms with Gasteiger partial charge in [-0.25, -0.2) is 0 Å². The topological polar surface area (TPSA) is 104 Å². The Hall–Kier alpha value is -0.160. The molecule has 0 amide bonds. The van der Waals surface area contributed by atoms with Crippen molar-refractivity contribution >= 4 is 0 Å². The standard InChI is InChI=1S/C12H26N4/c13-9-4-7-11(15,8-5-9)12(16)6-2-1-3-10(12)14/h9-10H,1-8,13-16H2. The van der Waals surface area contributed by atoms with Crippen LogP contribution in [0.1, 0.15) is 51.4 Å². The second-order valence-electron chi connectivity index (χ2n) is 5.89. The molecular formula is C12H26N4. The predicted octanol–water partition coefficient (Wildman–Crippen LogP) is 0.184. The first-order valence-electron chi connectivity index (χ1n) is 6.57. The lowest BCUT2D eigenvalue weighted by atomic mass is 9.60. The molecular weight excluding hydrogens is 200 g/mol. The van der Waals surface area contributed by atoms with Gasteiger partial charge in [-0.15, -0.1) is 0 Å². The zero-order chi connectivity index (χ0) is 11.8. The predicted molar refractivity (Wildman–Crippen MR) is 66.7 cm³/mol. The van der Waals surface area contributed by atoms with Crippen molar-refractivity contribution in [1.29, 1.82) is 0 Å². The van der Waals surface area contributed by atoms with Crippen molar-refractivity contribution in [3.05, 3.63) is 0 Å². The van der Waals surface area contributed by atoms with E-state index in [2.05, 4.69) is 0 Å². The van der Waals surface area contributed by atoms with E-state index in [9.17, 15) is 0 Å². The normalized spacial score (nSPS) is 50.2. The first-order valence-corrected chi connectivity index (χ1v) is 6.57. The third-order valence-electron chi connectivity index (χ3n) is 4.87. The van der Waals surface area contributed by atoms with Crippen LogP contribution in [0, 0.1) is 0 Å². The number of hydrogen-bond donors (Lipinski definition) is 4. The molecule has 0 spiro atoms. The fraction of sp³-hybridized carbons (Fsp3) is 1.00. The van der Waals surface area contributed by atoms with Crippen LogP contribution in [-0.4, -0.2) is 23.2 Å². The minimum atomic E-state index is -0.370. The molecule has 4 heteroatoms. The van der Waals surface area contributed by atoms with Crippen molar-refractivity contribution in [1.82, 2.24) is 0 Å². The van der Waals surface area contributed by atoms with Crippen molar-refractivity contribution < 1.29 is 0 Å². The molecule has 8 N–H and O–H groups in total. The van der Waals surface area contributed by atoms with Crippen LogP contribution in [0.2, 0.25) is 0 Å². The average molecular weight is 226 g/mol. The van der Waals surface area contributed by atoms with Gasteiger partial charge in [0.1, 0.15) is 0 Å². The van der Waals surface area contributed by atoms with Crippen LogP contribution in [0.5, 0.6) is 0 Å². The zero-order valence-corrected chi connectivity index (χ0v) is 10.1. The van der Waals surface area contributed by atoms with E-state index in [1.807, 2.05) is 0 Å². The molecule has 2 unspecified atom stereocenters. The lowest BCUT2D eigenvalue weighted by Crippen LogP contribution is -2.75. The van der Waals surface area contributed by atoms with Crippen molar-refractivity contribution in [2.75, 3.05) is 0 Å². The average Bonchev–Trinajstić information content (AvgIpc) is 2.27. The van der Waals surface area contributed by atoms with Crippen LogP contribution < -0.4 is 22.9 Å². The summed E-state index contributed by atoms with van der Waals surface area (Å²) in [5.74, 6) is 0. The SMILES string of the molecule is NC1CCC(N)(C2(N)CCCCC2N)CC1. The Balaban J connectivity index is 2.14. The second kappa shape index (κ2) is 4.26. The second-order valence-corrected chi connectivity index (χ2v) is 5.89. The Labute approximate surface area is 98.1 Å². The molecule has 0 aliphatic heterocycles. The molecule has 0 aromatic heterocycles. The summed E-state index contributed by atoms with van der Waals surface area (Å²) in [5, 5.41) is 0. The molecule has 0 radical (unpaired) electrons. The molecule has 0 aromatic rings. The Morgan fingerprint density at radius 1 is 0.812 bits per heavy atom. The fourth-order valence-electron chi connectivity index (χ4n) is 3.46. The van der Waals surface area contributed by atoms with Gasteiger partial charge >= 0.3 is 0 Å². The first kappa shape index (κ1) is 12.3. The Morgan fingerprint density at radius 2 is 1.44 bits per heavy atom. The maximum atomic E-state index is 6.57. The highest BCUT2D eigenvalue weighted by Crippen LogP contribution is 2.40. The number of hydrogen-bond acceptors (Lipinski definition) is 4. The van der Waals surface area contributed by atoms with E-state index in [0.717, 1.165) is 44.9 Å². The molecule has 2 aliphatic rings. The van der Waals surface area contributed by atoms with Crippen LogP contribution in [0.3, 0.4) is 0 Å². The van der Waals surface area contributed by atoms with Gasteiger partial charge in [0.2, 0.25) is 0 Å². The lowest BCUT2D eigenvalue weighted by Gasteiger charge is -2.54. The molecule has 0 saturated heterocycles. The van der Waals surface area contributed by atoms with Gasteiger partial charge in [0.25, 0.3) is 0 Å². The summed E-state index contributed by atoms with van der Waals surface area (Å²) < 4.78 is 0. The summed E-state index contributed by atoms with van der Waals surface area (Å²) in [6.45, 7) is 0. The molecule has 0 bridgehead atoms. The Morgan fingerprint density at radius 3 is 2.00 bits per heavy atom. The summed E-state index contributed by atoms with van der Waals surface area (Å²) >= 11 is 0. The summed E-state index contributed by atoms with van der Waals surface area (Å²) in [4.78, 5) is 0. The molecule has 94 valence electrons. The maximum absolute atomic E-state index is 6.57. The lowest BCUT2D eigenvalue weighted by molar-refractivity contribution is 0.0932. The summed E-state index contributed by atoms with van der Waals surface area (Å²) in [6, 6.07) is 0.362. The number of nitrogens with two attached hydrogens (primary N) is 4. The third kappa shape index (κ3) is 1.88. The van der Waals surface area contributed by atoms with Crippen molar-refractivity contribution in [2.45, 2.75) is 74.5 Å². The molecule has 0 aromatic carbocycles. The molecule has 2 saturated carbocycles. The van der Waals surface area contributed by atoms with E-state index in [0.29, 0.717) is 6.04 Å². The van der Waals surface area contributed by atoms with E-state index in [-0.39, 0.29) is 17.1 Å². The first-order chi connectivity index (χ1) is 7.48. The van der Waals surface area contributed by atoms with Gasteiger partial charge in [-0.3, -0.25) is 0 Å². The van der Waals surface area contributed by atoms with E-state index in [1.165, 1.54) is 6.42 Å².